The molecule has 0 fully saturated rings. The Kier molecular flexibility index (Phi) is 8.53. The minimum absolute atomic E-state index is 0.127. The smallest absolute Gasteiger partial charge is 0.361 e. The largest absolute Gasteiger partial charge is 0.457 e. The molecule has 0 saturated carbocycles. The molecule has 2 heterocycles. The van der Waals surface area contributed by atoms with Gasteiger partial charge in [0.2, 0.25) is 10.9 Å². The summed E-state index contributed by atoms with van der Waals surface area (Å²) in [5.41, 5.74) is 5.67. The average Bonchev–Trinajstić information content (AvgIpc) is 3.10. The van der Waals surface area contributed by atoms with E-state index in [0.717, 1.165) is 33.4 Å². The van der Waals surface area contributed by atoms with Gasteiger partial charge in [-0.3, -0.25) is 9.59 Å². The van der Waals surface area contributed by atoms with Crippen molar-refractivity contribution in [3.05, 3.63) is 190 Å². The summed E-state index contributed by atoms with van der Waals surface area (Å²) in [6.07, 6.45) is 7.21. The Morgan fingerprint density at radius 2 is 1.17 bits per heavy atom. The quantitative estimate of drug-likeness (QED) is 0.167. The maximum atomic E-state index is 13.6. The van der Waals surface area contributed by atoms with Crippen molar-refractivity contribution < 1.29 is 9.15 Å². The molecule has 0 spiro atoms. The zero-order valence-corrected chi connectivity index (χ0v) is 27.7. The minimum atomic E-state index is -0.358. The van der Waals surface area contributed by atoms with Gasteiger partial charge in [-0.2, -0.15) is 0 Å². The number of aryl methyl sites for hydroxylation is 2. The molecule has 234 valence electrons. The molecule has 1 aliphatic heterocycles. The predicted octanol–water partition coefficient (Wildman–Crippen LogP) is 8.75. The van der Waals surface area contributed by atoms with Crippen molar-refractivity contribution in [2.75, 3.05) is 0 Å². The van der Waals surface area contributed by atoms with Crippen molar-refractivity contribution in [2.24, 2.45) is 5.92 Å². The van der Waals surface area contributed by atoms with Crippen molar-refractivity contribution >= 4 is 46.9 Å². The molecule has 48 heavy (non-hydrogen) atoms. The Bertz CT molecular complexity index is 2410. The molecule has 1 aliphatic rings. The molecule has 6 heteroatoms. The fraction of sp³-hybridized carbons (Fsp3) is 0.0714. The maximum absolute atomic E-state index is 13.6. The molecule has 1 aromatic heterocycles. The molecule has 0 aliphatic carbocycles. The second kappa shape index (κ2) is 13.1. The number of rotatable bonds is 6. The lowest BCUT2D eigenvalue weighted by molar-refractivity contribution is 0.458. The Hall–Kier alpha value is -5.29. The molecule has 0 bridgehead atoms. The summed E-state index contributed by atoms with van der Waals surface area (Å²) in [7, 11) is 0. The molecule has 1 unspecified atom stereocenters. The summed E-state index contributed by atoms with van der Waals surface area (Å²) in [6.45, 7) is 4.03. The van der Waals surface area contributed by atoms with Gasteiger partial charge in [-0.1, -0.05) is 71.7 Å². The minimum Gasteiger partial charge on any atom is -0.457 e. The second-order valence-corrected chi connectivity index (χ2v) is 12.7. The van der Waals surface area contributed by atoms with E-state index in [0.29, 0.717) is 38.6 Å². The maximum Gasteiger partial charge on any atom is 0.361 e. The normalized spacial score (nSPS) is 14.2. The second-order valence-electron chi connectivity index (χ2n) is 11.8. The predicted molar refractivity (Wildman–Crippen MR) is 196 cm³/mol. The molecule has 6 aromatic rings. The molecular formula is C42H29Cl2O4+. The van der Waals surface area contributed by atoms with Crippen LogP contribution in [0.5, 0.6) is 0 Å². The summed E-state index contributed by atoms with van der Waals surface area (Å²) in [5.74, 6) is 2.13. The Balaban J connectivity index is 1.32. The van der Waals surface area contributed by atoms with E-state index < -0.39 is 0 Å². The van der Waals surface area contributed by atoms with Gasteiger partial charge in [0.1, 0.15) is 11.5 Å². The van der Waals surface area contributed by atoms with Crippen LogP contribution in [0.3, 0.4) is 0 Å². The lowest BCUT2D eigenvalue weighted by atomic mass is 9.96. The Labute approximate surface area is 287 Å². The Morgan fingerprint density at radius 1 is 0.625 bits per heavy atom. The highest BCUT2D eigenvalue weighted by molar-refractivity contribution is 6.30. The van der Waals surface area contributed by atoms with Crippen LogP contribution in [-0.4, -0.2) is 0 Å². The van der Waals surface area contributed by atoms with Gasteiger partial charge in [0.05, 0.1) is 33.7 Å². The third-order valence-corrected chi connectivity index (χ3v) is 8.95. The van der Waals surface area contributed by atoms with Gasteiger partial charge in [0, 0.05) is 27.1 Å². The first-order valence-electron chi connectivity index (χ1n) is 15.5. The van der Waals surface area contributed by atoms with Crippen LogP contribution in [-0.2, 0) is 4.74 Å². The van der Waals surface area contributed by atoms with Gasteiger partial charge in [-0.15, -0.1) is 0 Å². The van der Waals surface area contributed by atoms with E-state index in [2.05, 4.69) is 0 Å². The van der Waals surface area contributed by atoms with Crippen molar-refractivity contribution in [3.63, 3.8) is 0 Å². The van der Waals surface area contributed by atoms with Crippen LogP contribution < -0.4 is 21.3 Å². The molecule has 5 aromatic carbocycles. The summed E-state index contributed by atoms with van der Waals surface area (Å²) >= 11 is 12.3. The molecule has 7 rings (SSSR count). The number of hydrogen-bond acceptors (Lipinski definition) is 3. The molecule has 1 atom stereocenters. The van der Waals surface area contributed by atoms with Gasteiger partial charge < -0.3 is 4.74 Å². The van der Waals surface area contributed by atoms with E-state index in [9.17, 15) is 9.59 Å². The van der Waals surface area contributed by atoms with Crippen molar-refractivity contribution in [1.82, 2.24) is 0 Å². The molecule has 0 saturated heterocycles. The van der Waals surface area contributed by atoms with Crippen molar-refractivity contribution in [1.29, 1.82) is 0 Å². The standard InChI is InChI=1S/C42H29Cl2O4/c1-25-7-3-5-9-33(25)39-23-27(21-37(47-39)29-11-15-31(43)16-12-29)19-35-41(45)36(42(35)46)20-28-22-38(30-13-17-32(44)18-14-30)48-40(24-28)34-10-6-4-8-26(34)2/h3-24,27H,1-2H3/q+1. The molecule has 4 nitrogen and oxygen atoms in total. The highest BCUT2D eigenvalue weighted by Gasteiger charge is 2.23. The van der Waals surface area contributed by atoms with Crippen LogP contribution in [0, 0.1) is 19.8 Å². The summed E-state index contributed by atoms with van der Waals surface area (Å²) in [6, 6.07) is 34.2. The van der Waals surface area contributed by atoms with E-state index in [-0.39, 0.29) is 27.2 Å². The number of allylic oxidation sites excluding steroid dienone is 2. The van der Waals surface area contributed by atoms with Crippen LogP contribution in [0.1, 0.15) is 27.8 Å². The van der Waals surface area contributed by atoms with Gasteiger partial charge in [-0.25, -0.2) is 4.42 Å². The van der Waals surface area contributed by atoms with Crippen LogP contribution in [0.15, 0.2) is 135 Å². The zero-order valence-electron chi connectivity index (χ0n) is 26.2. The first-order valence-corrected chi connectivity index (χ1v) is 16.3. The van der Waals surface area contributed by atoms with Crippen molar-refractivity contribution in [2.45, 2.75) is 13.8 Å². The number of halogens is 2. The Morgan fingerprint density at radius 3 is 1.79 bits per heavy atom. The highest BCUT2D eigenvalue weighted by Crippen LogP contribution is 2.35. The molecule has 0 amide bonds. The third-order valence-electron chi connectivity index (χ3n) is 8.45. The molecular weight excluding hydrogens is 639 g/mol. The van der Waals surface area contributed by atoms with E-state index >= 15 is 0 Å². The van der Waals surface area contributed by atoms with Crippen molar-refractivity contribution in [3.8, 4) is 22.6 Å². The highest BCUT2D eigenvalue weighted by atomic mass is 35.5. The van der Waals surface area contributed by atoms with Crippen LogP contribution in [0.4, 0.5) is 0 Å². The first-order chi connectivity index (χ1) is 23.2. The topological polar surface area (TPSA) is 54.7 Å². The lowest BCUT2D eigenvalue weighted by Gasteiger charge is -2.22. The van der Waals surface area contributed by atoms with E-state index in [1.54, 1.807) is 36.4 Å². The summed E-state index contributed by atoms with van der Waals surface area (Å²) in [4.78, 5) is 27.1. The lowest BCUT2D eigenvalue weighted by Crippen LogP contribution is -2.64. The number of benzene rings is 4. The third kappa shape index (κ3) is 6.33. The molecule has 0 radical (unpaired) electrons. The zero-order chi connectivity index (χ0) is 33.4. The SMILES string of the molecule is Cc1ccccc1C1=CC(C=c2c(=O)c(=Cc3cc(-c4ccc(Cl)cc4)[o+]c(-c4ccccc4C)c3)c2=O)C=C(c2ccc(Cl)cc2)O1. The fourth-order valence-electron chi connectivity index (χ4n) is 5.86. The van der Waals surface area contributed by atoms with Gasteiger partial charge in [-0.05, 0) is 103 Å². The van der Waals surface area contributed by atoms with E-state index in [1.165, 1.54) is 0 Å². The van der Waals surface area contributed by atoms with E-state index in [4.69, 9.17) is 32.4 Å². The average molecular weight is 669 g/mol. The van der Waals surface area contributed by atoms with Gasteiger partial charge in [0.15, 0.2) is 0 Å². The fourth-order valence-corrected chi connectivity index (χ4v) is 6.11. The number of hydrogen-bond donors (Lipinski definition) is 0. The van der Waals surface area contributed by atoms with Crippen LogP contribution in [0.2, 0.25) is 10.0 Å². The number of ether oxygens (including phenoxy) is 1. The van der Waals surface area contributed by atoms with Crippen LogP contribution >= 0.6 is 23.2 Å². The first kappa shape index (κ1) is 31.3. The van der Waals surface area contributed by atoms with E-state index in [1.807, 2.05) is 111 Å². The summed E-state index contributed by atoms with van der Waals surface area (Å²) in [5, 5.41) is 1.51. The van der Waals surface area contributed by atoms with Gasteiger partial charge in [0.25, 0.3) is 0 Å². The van der Waals surface area contributed by atoms with Crippen LogP contribution in [0.25, 0.3) is 46.3 Å². The summed E-state index contributed by atoms with van der Waals surface area (Å²) < 4.78 is 12.7. The monoisotopic (exact) mass is 667 g/mol. The van der Waals surface area contributed by atoms with Gasteiger partial charge >= 0.3 is 11.5 Å². The molecule has 0 N–H and O–H groups in total.